The standard InChI is InChI=1S/C21H15N3O4/c1-13-4-2-3-5-17(13)21-23-18-11-8-15(12-19(18)28-21)22-20(25)14-6-9-16(10-7-14)24(26)27/h2-12H,1H3,(H,22,25). The number of carbonyl (C=O) groups excluding carboxylic acids is 1. The molecule has 0 fully saturated rings. The average Bonchev–Trinajstić information content (AvgIpc) is 3.11. The van der Waals surface area contributed by atoms with Crippen LogP contribution in [0.15, 0.2) is 71.1 Å². The van der Waals surface area contributed by atoms with Crippen molar-refractivity contribution in [2.45, 2.75) is 6.92 Å². The molecule has 1 amide bonds. The van der Waals surface area contributed by atoms with Gasteiger partial charge in [-0.3, -0.25) is 14.9 Å². The molecule has 3 aromatic carbocycles. The summed E-state index contributed by atoms with van der Waals surface area (Å²) in [4.78, 5) is 27.1. The number of carbonyl (C=O) groups is 1. The molecule has 0 spiro atoms. The number of non-ortho nitro benzene ring substituents is 1. The molecule has 0 aliphatic rings. The van der Waals surface area contributed by atoms with Gasteiger partial charge in [0.25, 0.3) is 11.6 Å². The average molecular weight is 373 g/mol. The zero-order chi connectivity index (χ0) is 19.7. The van der Waals surface area contributed by atoms with Gasteiger partial charge in [-0.25, -0.2) is 4.98 Å². The minimum absolute atomic E-state index is 0.0663. The van der Waals surface area contributed by atoms with Crippen LogP contribution in [0.25, 0.3) is 22.6 Å². The molecule has 0 radical (unpaired) electrons. The van der Waals surface area contributed by atoms with E-state index in [1.54, 1.807) is 18.2 Å². The van der Waals surface area contributed by atoms with Gasteiger partial charge in [-0.05, 0) is 42.8 Å². The van der Waals surface area contributed by atoms with Crippen molar-refractivity contribution < 1.29 is 14.1 Å². The second kappa shape index (κ2) is 6.96. The van der Waals surface area contributed by atoms with Gasteiger partial charge in [0.05, 0.1) is 4.92 Å². The molecule has 4 rings (SSSR count). The normalized spacial score (nSPS) is 10.8. The van der Waals surface area contributed by atoms with Crippen LogP contribution in [0.1, 0.15) is 15.9 Å². The topological polar surface area (TPSA) is 98.3 Å². The fourth-order valence-corrected chi connectivity index (χ4v) is 2.87. The second-order valence-corrected chi connectivity index (χ2v) is 6.27. The summed E-state index contributed by atoms with van der Waals surface area (Å²) in [6, 6.07) is 18.4. The first kappa shape index (κ1) is 17.4. The number of fused-ring (bicyclic) bond motifs is 1. The highest BCUT2D eigenvalue weighted by Crippen LogP contribution is 2.28. The monoisotopic (exact) mass is 373 g/mol. The van der Waals surface area contributed by atoms with Crippen LogP contribution in [0, 0.1) is 17.0 Å². The van der Waals surface area contributed by atoms with Gasteiger partial charge in [-0.15, -0.1) is 0 Å². The third-order valence-corrected chi connectivity index (χ3v) is 4.36. The van der Waals surface area contributed by atoms with Gasteiger partial charge in [0.15, 0.2) is 5.58 Å². The lowest BCUT2D eigenvalue weighted by Gasteiger charge is -2.04. The number of nitro benzene ring substituents is 1. The summed E-state index contributed by atoms with van der Waals surface area (Å²) in [5, 5.41) is 13.5. The predicted molar refractivity (Wildman–Crippen MR) is 105 cm³/mol. The van der Waals surface area contributed by atoms with Crippen LogP contribution in [0.2, 0.25) is 0 Å². The third kappa shape index (κ3) is 3.33. The Hall–Kier alpha value is -4.00. The summed E-state index contributed by atoms with van der Waals surface area (Å²) in [5.74, 6) is 0.153. The van der Waals surface area contributed by atoms with E-state index in [0.29, 0.717) is 28.2 Å². The lowest BCUT2D eigenvalue weighted by atomic mass is 10.1. The van der Waals surface area contributed by atoms with Gasteiger partial charge in [0.1, 0.15) is 5.52 Å². The van der Waals surface area contributed by atoms with Crippen molar-refractivity contribution in [3.8, 4) is 11.5 Å². The van der Waals surface area contributed by atoms with Crippen LogP contribution >= 0.6 is 0 Å². The third-order valence-electron chi connectivity index (χ3n) is 4.36. The van der Waals surface area contributed by atoms with E-state index >= 15 is 0 Å². The number of rotatable bonds is 4. The Morgan fingerprint density at radius 2 is 1.82 bits per heavy atom. The molecule has 1 N–H and O–H groups in total. The fraction of sp³-hybridized carbons (Fsp3) is 0.0476. The summed E-state index contributed by atoms with van der Waals surface area (Å²) in [6.07, 6.45) is 0. The van der Waals surface area contributed by atoms with Gasteiger partial charge in [-0.1, -0.05) is 18.2 Å². The second-order valence-electron chi connectivity index (χ2n) is 6.27. The molecule has 7 heteroatoms. The molecule has 138 valence electrons. The van der Waals surface area contributed by atoms with Crippen molar-refractivity contribution in [3.63, 3.8) is 0 Å². The summed E-state index contributed by atoms with van der Waals surface area (Å²) in [6.45, 7) is 1.99. The maximum absolute atomic E-state index is 12.4. The molecule has 0 bridgehead atoms. The number of nitrogens with zero attached hydrogens (tertiary/aromatic N) is 2. The first-order valence-electron chi connectivity index (χ1n) is 8.54. The number of hydrogen-bond acceptors (Lipinski definition) is 5. The number of nitrogens with one attached hydrogen (secondary N) is 1. The van der Waals surface area contributed by atoms with Gasteiger partial charge in [0.2, 0.25) is 5.89 Å². The van der Waals surface area contributed by atoms with E-state index in [1.807, 2.05) is 31.2 Å². The number of nitro groups is 1. The Morgan fingerprint density at radius 1 is 1.07 bits per heavy atom. The molecule has 4 aromatic rings. The summed E-state index contributed by atoms with van der Waals surface area (Å²) in [7, 11) is 0. The van der Waals surface area contributed by atoms with E-state index in [0.717, 1.165) is 11.1 Å². The van der Waals surface area contributed by atoms with E-state index < -0.39 is 4.92 Å². The minimum atomic E-state index is -0.508. The first-order chi connectivity index (χ1) is 13.5. The zero-order valence-electron chi connectivity index (χ0n) is 14.9. The number of aromatic nitrogens is 1. The van der Waals surface area contributed by atoms with Crippen molar-refractivity contribution >= 4 is 28.4 Å². The van der Waals surface area contributed by atoms with Crippen LogP contribution in [0.5, 0.6) is 0 Å². The summed E-state index contributed by atoms with van der Waals surface area (Å²) in [5.41, 5.74) is 4.01. The number of amides is 1. The Bertz CT molecular complexity index is 1200. The van der Waals surface area contributed by atoms with Crippen LogP contribution in [0.3, 0.4) is 0 Å². The molecular weight excluding hydrogens is 358 g/mol. The number of oxazole rings is 1. The van der Waals surface area contributed by atoms with E-state index in [-0.39, 0.29) is 11.6 Å². The van der Waals surface area contributed by atoms with Crippen molar-refractivity contribution in [2.24, 2.45) is 0 Å². The molecule has 0 saturated heterocycles. The number of hydrogen-bond donors (Lipinski definition) is 1. The zero-order valence-corrected chi connectivity index (χ0v) is 14.9. The highest BCUT2D eigenvalue weighted by Gasteiger charge is 2.13. The highest BCUT2D eigenvalue weighted by molar-refractivity contribution is 6.05. The van der Waals surface area contributed by atoms with E-state index in [4.69, 9.17) is 4.42 Å². The molecular formula is C21H15N3O4. The smallest absolute Gasteiger partial charge is 0.269 e. The molecule has 0 unspecified atom stereocenters. The molecule has 0 atom stereocenters. The minimum Gasteiger partial charge on any atom is -0.436 e. The van der Waals surface area contributed by atoms with E-state index in [1.165, 1.54) is 24.3 Å². The molecule has 0 saturated carbocycles. The Balaban J connectivity index is 1.58. The first-order valence-corrected chi connectivity index (χ1v) is 8.54. The number of aryl methyl sites for hydroxylation is 1. The predicted octanol–water partition coefficient (Wildman–Crippen LogP) is 4.96. The van der Waals surface area contributed by atoms with Crippen molar-refractivity contribution in [1.82, 2.24) is 4.98 Å². The molecule has 7 nitrogen and oxygen atoms in total. The van der Waals surface area contributed by atoms with Gasteiger partial charge in [0, 0.05) is 35.0 Å². The van der Waals surface area contributed by atoms with Crippen LogP contribution in [-0.4, -0.2) is 15.8 Å². The SMILES string of the molecule is Cc1ccccc1-c1nc2ccc(NC(=O)c3ccc([N+](=O)[O-])cc3)cc2o1. The van der Waals surface area contributed by atoms with Crippen molar-refractivity contribution in [2.75, 3.05) is 5.32 Å². The largest absolute Gasteiger partial charge is 0.436 e. The maximum atomic E-state index is 12.4. The quantitative estimate of drug-likeness (QED) is 0.402. The van der Waals surface area contributed by atoms with E-state index in [9.17, 15) is 14.9 Å². The lowest BCUT2D eigenvalue weighted by Crippen LogP contribution is -2.11. The number of benzene rings is 3. The summed E-state index contributed by atoms with van der Waals surface area (Å²) >= 11 is 0. The summed E-state index contributed by atoms with van der Waals surface area (Å²) < 4.78 is 5.87. The number of anilines is 1. The fourth-order valence-electron chi connectivity index (χ4n) is 2.87. The Labute approximate surface area is 159 Å². The van der Waals surface area contributed by atoms with Crippen LogP contribution < -0.4 is 5.32 Å². The van der Waals surface area contributed by atoms with Gasteiger partial charge < -0.3 is 9.73 Å². The highest BCUT2D eigenvalue weighted by atomic mass is 16.6. The van der Waals surface area contributed by atoms with Crippen LogP contribution in [0.4, 0.5) is 11.4 Å². The maximum Gasteiger partial charge on any atom is 0.269 e. The van der Waals surface area contributed by atoms with Crippen molar-refractivity contribution in [1.29, 1.82) is 0 Å². The molecule has 1 heterocycles. The van der Waals surface area contributed by atoms with Gasteiger partial charge in [-0.2, -0.15) is 0 Å². The Kier molecular flexibility index (Phi) is 4.33. The molecule has 28 heavy (non-hydrogen) atoms. The van der Waals surface area contributed by atoms with Crippen LogP contribution in [-0.2, 0) is 0 Å². The Morgan fingerprint density at radius 3 is 2.54 bits per heavy atom. The molecule has 0 aliphatic heterocycles. The molecule has 1 aromatic heterocycles. The van der Waals surface area contributed by atoms with Gasteiger partial charge >= 0.3 is 0 Å². The van der Waals surface area contributed by atoms with Crippen molar-refractivity contribution in [3.05, 3.63) is 88.0 Å². The lowest BCUT2D eigenvalue weighted by molar-refractivity contribution is -0.384. The molecule has 0 aliphatic carbocycles. The van der Waals surface area contributed by atoms with E-state index in [2.05, 4.69) is 10.3 Å².